The van der Waals surface area contributed by atoms with Crippen LogP contribution in [0.25, 0.3) is 11.3 Å². The maximum Gasteiger partial charge on any atom is 0.321 e. The van der Waals surface area contributed by atoms with Gasteiger partial charge in [0.1, 0.15) is 0 Å². The number of urea groups is 1. The van der Waals surface area contributed by atoms with Gasteiger partial charge in [-0.1, -0.05) is 36.4 Å². The van der Waals surface area contributed by atoms with E-state index in [0.717, 1.165) is 16.1 Å². The van der Waals surface area contributed by atoms with Gasteiger partial charge < -0.3 is 10.1 Å². The number of carbonyl (C=O) groups is 2. The van der Waals surface area contributed by atoms with E-state index < -0.39 is 12.1 Å². The van der Waals surface area contributed by atoms with Crippen LogP contribution in [0.1, 0.15) is 17.3 Å². The van der Waals surface area contributed by atoms with Crippen LogP contribution in [0.4, 0.5) is 9.93 Å². The zero-order chi connectivity index (χ0) is 18.4. The van der Waals surface area contributed by atoms with Gasteiger partial charge in [-0.15, -0.1) is 22.7 Å². The van der Waals surface area contributed by atoms with E-state index in [-0.39, 0.29) is 12.4 Å². The van der Waals surface area contributed by atoms with Crippen molar-refractivity contribution < 1.29 is 14.3 Å². The molecule has 134 valence electrons. The second-order valence-corrected chi connectivity index (χ2v) is 7.19. The van der Waals surface area contributed by atoms with Crippen LogP contribution in [-0.2, 0) is 9.53 Å². The molecule has 3 rings (SSSR count). The number of thiophene rings is 1. The monoisotopic (exact) mass is 387 g/mol. The molecule has 1 aromatic carbocycles. The minimum Gasteiger partial charge on any atom is -0.469 e. The van der Waals surface area contributed by atoms with Crippen molar-refractivity contribution in [3.63, 3.8) is 0 Å². The molecule has 0 bridgehead atoms. The molecule has 1 atom stereocenters. The second-order valence-electron chi connectivity index (χ2n) is 5.35. The summed E-state index contributed by atoms with van der Waals surface area (Å²) in [7, 11) is 1.33. The molecule has 0 saturated carbocycles. The van der Waals surface area contributed by atoms with Crippen molar-refractivity contribution in [3.8, 4) is 11.3 Å². The first-order chi connectivity index (χ1) is 12.7. The number of esters is 1. The molecule has 0 saturated heterocycles. The molecule has 2 amide bonds. The lowest BCUT2D eigenvalue weighted by molar-refractivity contribution is -0.141. The van der Waals surface area contributed by atoms with Gasteiger partial charge in [0.05, 0.1) is 25.3 Å². The van der Waals surface area contributed by atoms with Gasteiger partial charge in [0.2, 0.25) is 0 Å². The summed E-state index contributed by atoms with van der Waals surface area (Å²) in [6, 6.07) is 12.6. The van der Waals surface area contributed by atoms with Crippen molar-refractivity contribution in [2.45, 2.75) is 12.5 Å². The summed E-state index contributed by atoms with van der Waals surface area (Å²) in [6.07, 6.45) is 0.0670. The average molecular weight is 387 g/mol. The number of aromatic nitrogens is 1. The Balaban J connectivity index is 1.65. The van der Waals surface area contributed by atoms with Gasteiger partial charge in [0.15, 0.2) is 5.13 Å². The number of rotatable bonds is 6. The maximum atomic E-state index is 12.3. The van der Waals surface area contributed by atoms with E-state index in [9.17, 15) is 9.59 Å². The minimum atomic E-state index is -0.448. The zero-order valence-corrected chi connectivity index (χ0v) is 15.6. The van der Waals surface area contributed by atoms with Gasteiger partial charge in [-0.05, 0) is 11.4 Å². The number of carbonyl (C=O) groups excluding carboxylic acids is 2. The number of benzene rings is 1. The van der Waals surface area contributed by atoms with Crippen molar-refractivity contribution >= 4 is 39.8 Å². The highest BCUT2D eigenvalue weighted by atomic mass is 32.1. The van der Waals surface area contributed by atoms with Crippen LogP contribution in [0.15, 0.2) is 53.2 Å². The van der Waals surface area contributed by atoms with E-state index in [1.807, 2.05) is 53.2 Å². The summed E-state index contributed by atoms with van der Waals surface area (Å²) in [5.74, 6) is -0.385. The Morgan fingerprint density at radius 3 is 2.65 bits per heavy atom. The van der Waals surface area contributed by atoms with Crippen LogP contribution in [-0.4, -0.2) is 24.1 Å². The Morgan fingerprint density at radius 1 is 1.15 bits per heavy atom. The van der Waals surface area contributed by atoms with Crippen LogP contribution < -0.4 is 10.6 Å². The van der Waals surface area contributed by atoms with Crippen molar-refractivity contribution in [1.29, 1.82) is 0 Å². The normalized spacial score (nSPS) is 11.6. The molecule has 0 aliphatic heterocycles. The number of methoxy groups -OCH3 is 1. The number of hydrogen-bond acceptors (Lipinski definition) is 6. The summed E-state index contributed by atoms with van der Waals surface area (Å²) < 4.78 is 4.71. The van der Waals surface area contributed by atoms with E-state index in [1.165, 1.54) is 29.8 Å². The minimum absolute atomic E-state index is 0.0670. The summed E-state index contributed by atoms with van der Waals surface area (Å²) in [5.41, 5.74) is 1.79. The molecule has 2 aromatic heterocycles. The lowest BCUT2D eigenvalue weighted by atomic mass is 10.2. The van der Waals surface area contributed by atoms with Crippen LogP contribution >= 0.6 is 22.7 Å². The molecule has 0 radical (unpaired) electrons. The molecule has 3 aromatic rings. The van der Waals surface area contributed by atoms with E-state index in [4.69, 9.17) is 4.74 Å². The Labute approximate surface area is 158 Å². The number of amides is 2. The molecule has 0 aliphatic rings. The Bertz CT molecular complexity index is 863. The molecule has 2 heterocycles. The van der Waals surface area contributed by atoms with Crippen LogP contribution in [0.3, 0.4) is 0 Å². The molecule has 0 spiro atoms. The predicted molar refractivity (Wildman–Crippen MR) is 103 cm³/mol. The molecule has 8 heteroatoms. The highest BCUT2D eigenvalue weighted by Crippen LogP contribution is 2.25. The lowest BCUT2D eigenvalue weighted by Gasteiger charge is -2.16. The third-order valence-electron chi connectivity index (χ3n) is 3.58. The van der Waals surface area contributed by atoms with Crippen molar-refractivity contribution in [2.75, 3.05) is 12.4 Å². The second kappa shape index (κ2) is 8.59. The fourth-order valence-corrected chi connectivity index (χ4v) is 3.82. The largest absolute Gasteiger partial charge is 0.469 e. The molecule has 2 N–H and O–H groups in total. The molecule has 0 fully saturated rings. The summed E-state index contributed by atoms with van der Waals surface area (Å²) in [5, 5.41) is 9.80. The Hall–Kier alpha value is -2.71. The number of ether oxygens (including phenoxy) is 1. The first kappa shape index (κ1) is 18.1. The SMILES string of the molecule is COC(=O)CC(NC(=O)Nc1nc(-c2ccccc2)cs1)c1cccs1. The molecular weight excluding hydrogens is 370 g/mol. The third kappa shape index (κ3) is 4.68. The summed E-state index contributed by atoms with van der Waals surface area (Å²) in [4.78, 5) is 29.3. The topological polar surface area (TPSA) is 80.3 Å². The summed E-state index contributed by atoms with van der Waals surface area (Å²) in [6.45, 7) is 0. The van der Waals surface area contributed by atoms with Gasteiger partial charge in [-0.25, -0.2) is 9.78 Å². The average Bonchev–Trinajstić information content (AvgIpc) is 3.34. The standard InChI is InChI=1S/C18H17N3O3S2/c1-24-16(22)10-13(15-8-5-9-25-15)19-17(23)21-18-20-14(11-26-18)12-6-3-2-4-7-12/h2-9,11,13H,10H2,1H3,(H2,19,20,21,23). The van der Waals surface area contributed by atoms with E-state index in [2.05, 4.69) is 15.6 Å². The number of nitrogens with one attached hydrogen (secondary N) is 2. The van der Waals surface area contributed by atoms with Crippen molar-refractivity contribution in [3.05, 3.63) is 58.1 Å². The number of hydrogen-bond donors (Lipinski definition) is 2. The first-order valence-electron chi connectivity index (χ1n) is 7.84. The van der Waals surface area contributed by atoms with Gasteiger partial charge in [-0.3, -0.25) is 10.1 Å². The highest BCUT2D eigenvalue weighted by molar-refractivity contribution is 7.14. The molecule has 0 aliphatic carbocycles. The smallest absolute Gasteiger partial charge is 0.321 e. The van der Waals surface area contributed by atoms with Crippen LogP contribution in [0.2, 0.25) is 0 Å². The fourth-order valence-electron chi connectivity index (χ4n) is 2.33. The van der Waals surface area contributed by atoms with Gasteiger partial charge in [-0.2, -0.15) is 0 Å². The van der Waals surface area contributed by atoms with Crippen molar-refractivity contribution in [2.24, 2.45) is 0 Å². The zero-order valence-electron chi connectivity index (χ0n) is 14.0. The third-order valence-corrected chi connectivity index (χ3v) is 5.33. The van der Waals surface area contributed by atoms with Gasteiger partial charge in [0, 0.05) is 15.8 Å². The maximum absolute atomic E-state index is 12.3. The lowest BCUT2D eigenvalue weighted by Crippen LogP contribution is -2.33. The quantitative estimate of drug-likeness (QED) is 0.618. The number of thiazole rings is 1. The van der Waals surface area contributed by atoms with Gasteiger partial charge >= 0.3 is 12.0 Å². The molecular formula is C18H17N3O3S2. The van der Waals surface area contributed by atoms with E-state index >= 15 is 0 Å². The highest BCUT2D eigenvalue weighted by Gasteiger charge is 2.20. The molecule has 1 unspecified atom stereocenters. The van der Waals surface area contributed by atoms with E-state index in [0.29, 0.717) is 5.13 Å². The van der Waals surface area contributed by atoms with E-state index in [1.54, 1.807) is 0 Å². The Kier molecular flexibility index (Phi) is 5.98. The molecule has 26 heavy (non-hydrogen) atoms. The molecule has 6 nitrogen and oxygen atoms in total. The first-order valence-corrected chi connectivity index (χ1v) is 9.60. The predicted octanol–water partition coefficient (Wildman–Crippen LogP) is 4.30. The van der Waals surface area contributed by atoms with Crippen LogP contribution in [0, 0.1) is 0 Å². The number of anilines is 1. The fraction of sp³-hybridized carbons (Fsp3) is 0.167. The summed E-state index contributed by atoms with van der Waals surface area (Å²) >= 11 is 2.81. The number of nitrogens with zero attached hydrogens (tertiary/aromatic N) is 1. The van der Waals surface area contributed by atoms with Crippen molar-refractivity contribution in [1.82, 2.24) is 10.3 Å². The van der Waals surface area contributed by atoms with Crippen LogP contribution in [0.5, 0.6) is 0 Å². The Morgan fingerprint density at radius 2 is 1.96 bits per heavy atom. The van der Waals surface area contributed by atoms with Gasteiger partial charge in [0.25, 0.3) is 0 Å².